The first-order valence-corrected chi connectivity index (χ1v) is 5.95. The second-order valence-corrected chi connectivity index (χ2v) is 4.42. The summed E-state index contributed by atoms with van der Waals surface area (Å²) >= 11 is 0. The van der Waals surface area contributed by atoms with E-state index in [0.29, 0.717) is 17.3 Å². The van der Waals surface area contributed by atoms with Gasteiger partial charge < -0.3 is 16.4 Å². The maximum atomic E-state index is 11.2. The first kappa shape index (κ1) is 11.7. The Bertz CT molecular complexity index is 429. The van der Waals surface area contributed by atoms with Crippen LogP contribution in [0.4, 0.5) is 11.5 Å². The van der Waals surface area contributed by atoms with E-state index >= 15 is 0 Å². The van der Waals surface area contributed by atoms with Gasteiger partial charge in [0.25, 0.3) is 5.91 Å². The molecule has 2 rings (SSSR count). The van der Waals surface area contributed by atoms with Crippen molar-refractivity contribution in [3.8, 4) is 0 Å². The van der Waals surface area contributed by atoms with E-state index < -0.39 is 5.91 Å². The van der Waals surface area contributed by atoms with E-state index in [1.54, 1.807) is 6.07 Å². The number of anilines is 2. The molecule has 1 aliphatic rings. The van der Waals surface area contributed by atoms with Crippen LogP contribution in [0.3, 0.4) is 0 Å². The lowest BCUT2D eigenvalue weighted by Crippen LogP contribution is -2.28. The Labute approximate surface area is 101 Å². The molecule has 1 amide bonds. The molecule has 1 heterocycles. The van der Waals surface area contributed by atoms with Gasteiger partial charge in [-0.15, -0.1) is 0 Å². The molecule has 4 N–H and O–H groups in total. The fourth-order valence-corrected chi connectivity index (χ4v) is 1.94. The van der Waals surface area contributed by atoms with Crippen LogP contribution in [-0.4, -0.2) is 23.5 Å². The molecule has 1 saturated carbocycles. The molecule has 0 spiro atoms. The normalized spacial score (nSPS) is 14.6. The quantitative estimate of drug-likeness (QED) is 0.800. The van der Waals surface area contributed by atoms with E-state index in [0.717, 1.165) is 18.8 Å². The Morgan fingerprint density at radius 1 is 1.59 bits per heavy atom. The van der Waals surface area contributed by atoms with Crippen molar-refractivity contribution in [1.29, 1.82) is 0 Å². The summed E-state index contributed by atoms with van der Waals surface area (Å²) in [4.78, 5) is 17.8. The zero-order valence-corrected chi connectivity index (χ0v) is 10.0. The van der Waals surface area contributed by atoms with Crippen LogP contribution in [0.25, 0.3) is 0 Å². The van der Waals surface area contributed by atoms with E-state index in [1.807, 2.05) is 0 Å². The van der Waals surface area contributed by atoms with Gasteiger partial charge in [-0.2, -0.15) is 0 Å². The Hall–Kier alpha value is -1.78. The summed E-state index contributed by atoms with van der Waals surface area (Å²) in [5, 5.41) is 0. The van der Waals surface area contributed by atoms with E-state index in [2.05, 4.69) is 16.8 Å². The summed E-state index contributed by atoms with van der Waals surface area (Å²) in [6.07, 6.45) is 4.95. The van der Waals surface area contributed by atoms with Crippen molar-refractivity contribution in [2.75, 3.05) is 17.2 Å². The van der Waals surface area contributed by atoms with Crippen molar-refractivity contribution in [2.24, 2.45) is 5.73 Å². The highest BCUT2D eigenvalue weighted by Crippen LogP contribution is 2.31. The predicted molar refractivity (Wildman–Crippen MR) is 67.8 cm³/mol. The van der Waals surface area contributed by atoms with Crippen LogP contribution in [-0.2, 0) is 0 Å². The maximum absolute atomic E-state index is 11.2. The minimum absolute atomic E-state index is 0.341. The topological polar surface area (TPSA) is 85.2 Å². The number of nitrogen functional groups attached to an aromatic ring is 1. The van der Waals surface area contributed by atoms with Gasteiger partial charge in [-0.1, -0.05) is 6.92 Å². The zero-order valence-electron chi connectivity index (χ0n) is 10.0. The number of amides is 1. The summed E-state index contributed by atoms with van der Waals surface area (Å²) in [5.74, 6) is 0.302. The Morgan fingerprint density at radius 3 is 2.82 bits per heavy atom. The lowest BCUT2D eigenvalue weighted by Gasteiger charge is -2.23. The molecular formula is C12H18N4O. The molecule has 1 fully saturated rings. The van der Waals surface area contributed by atoms with Crippen LogP contribution in [0, 0.1) is 0 Å². The molecular weight excluding hydrogens is 216 g/mol. The van der Waals surface area contributed by atoms with Crippen molar-refractivity contribution in [3.05, 3.63) is 17.8 Å². The van der Waals surface area contributed by atoms with E-state index in [4.69, 9.17) is 11.5 Å². The maximum Gasteiger partial charge on any atom is 0.250 e. The van der Waals surface area contributed by atoms with Gasteiger partial charge in [0.05, 0.1) is 17.4 Å². The average Bonchev–Trinajstić information content (AvgIpc) is 3.10. The molecule has 0 radical (unpaired) electrons. The summed E-state index contributed by atoms with van der Waals surface area (Å²) in [6, 6.07) is 2.26. The summed E-state index contributed by atoms with van der Waals surface area (Å²) in [5.41, 5.74) is 11.7. The fraction of sp³-hybridized carbons (Fsp3) is 0.500. The SMILES string of the molecule is CCCN(c1cc(C(N)=O)c(N)cn1)C1CC1. The van der Waals surface area contributed by atoms with Crippen molar-refractivity contribution in [1.82, 2.24) is 4.98 Å². The molecule has 1 aromatic heterocycles. The summed E-state index contributed by atoms with van der Waals surface area (Å²) in [7, 11) is 0. The molecule has 1 aromatic rings. The lowest BCUT2D eigenvalue weighted by molar-refractivity contribution is 0.100. The van der Waals surface area contributed by atoms with Crippen LogP contribution >= 0.6 is 0 Å². The minimum atomic E-state index is -0.501. The molecule has 0 unspecified atom stereocenters. The van der Waals surface area contributed by atoms with Gasteiger partial charge in [-0.25, -0.2) is 4.98 Å². The van der Waals surface area contributed by atoms with Crippen molar-refractivity contribution >= 4 is 17.4 Å². The average molecular weight is 234 g/mol. The highest BCUT2D eigenvalue weighted by Gasteiger charge is 2.29. The van der Waals surface area contributed by atoms with Crippen LogP contribution in [0.2, 0.25) is 0 Å². The second kappa shape index (κ2) is 4.61. The molecule has 0 bridgehead atoms. The van der Waals surface area contributed by atoms with Crippen molar-refractivity contribution < 1.29 is 4.79 Å². The standard InChI is InChI=1S/C12H18N4O/c1-2-5-16(8-3-4-8)11-6-9(12(14)17)10(13)7-15-11/h6-8H,2-5,13H2,1H3,(H2,14,17). The Kier molecular flexibility index (Phi) is 3.17. The molecule has 5 heteroatoms. The molecule has 1 aliphatic carbocycles. The lowest BCUT2D eigenvalue weighted by atomic mass is 10.2. The monoisotopic (exact) mass is 234 g/mol. The predicted octanol–water partition coefficient (Wildman–Crippen LogP) is 1.14. The number of nitrogens with two attached hydrogens (primary N) is 2. The molecule has 0 aliphatic heterocycles. The number of hydrogen-bond donors (Lipinski definition) is 2. The van der Waals surface area contributed by atoms with Gasteiger partial charge in [-0.3, -0.25) is 4.79 Å². The number of carbonyl (C=O) groups is 1. The van der Waals surface area contributed by atoms with Gasteiger partial charge in [0, 0.05) is 12.6 Å². The van der Waals surface area contributed by atoms with Gasteiger partial charge in [-0.05, 0) is 25.3 Å². The molecule has 0 atom stereocenters. The Morgan fingerprint density at radius 2 is 2.29 bits per heavy atom. The van der Waals surface area contributed by atoms with Crippen LogP contribution < -0.4 is 16.4 Å². The van der Waals surface area contributed by atoms with E-state index in [9.17, 15) is 4.79 Å². The minimum Gasteiger partial charge on any atom is -0.397 e. The Balaban J connectivity index is 2.30. The summed E-state index contributed by atoms with van der Waals surface area (Å²) < 4.78 is 0. The molecule has 0 saturated heterocycles. The number of nitrogens with zero attached hydrogens (tertiary/aromatic N) is 2. The molecule has 92 valence electrons. The van der Waals surface area contributed by atoms with Crippen LogP contribution in [0.1, 0.15) is 36.5 Å². The number of pyridine rings is 1. The highest BCUT2D eigenvalue weighted by atomic mass is 16.1. The number of rotatable bonds is 5. The molecule has 0 aromatic carbocycles. The van der Waals surface area contributed by atoms with Crippen LogP contribution in [0.15, 0.2) is 12.3 Å². The number of carbonyl (C=O) groups excluding carboxylic acids is 1. The largest absolute Gasteiger partial charge is 0.397 e. The van der Waals surface area contributed by atoms with Crippen molar-refractivity contribution in [3.63, 3.8) is 0 Å². The third kappa shape index (κ3) is 2.49. The molecule has 17 heavy (non-hydrogen) atoms. The first-order valence-electron chi connectivity index (χ1n) is 5.95. The molecule has 5 nitrogen and oxygen atoms in total. The van der Waals surface area contributed by atoms with Gasteiger partial charge in [0.15, 0.2) is 0 Å². The zero-order chi connectivity index (χ0) is 12.4. The third-order valence-corrected chi connectivity index (χ3v) is 2.93. The van der Waals surface area contributed by atoms with Crippen molar-refractivity contribution in [2.45, 2.75) is 32.2 Å². The fourth-order valence-electron chi connectivity index (χ4n) is 1.94. The highest BCUT2D eigenvalue weighted by molar-refractivity contribution is 5.98. The first-order chi connectivity index (χ1) is 8.13. The van der Waals surface area contributed by atoms with E-state index in [-0.39, 0.29) is 0 Å². The third-order valence-electron chi connectivity index (χ3n) is 2.93. The van der Waals surface area contributed by atoms with Gasteiger partial charge >= 0.3 is 0 Å². The smallest absolute Gasteiger partial charge is 0.250 e. The number of primary amides is 1. The number of aromatic nitrogens is 1. The van der Waals surface area contributed by atoms with E-state index in [1.165, 1.54) is 19.0 Å². The summed E-state index contributed by atoms with van der Waals surface area (Å²) in [6.45, 7) is 3.07. The van der Waals surface area contributed by atoms with Gasteiger partial charge in [0.2, 0.25) is 0 Å². The second-order valence-electron chi connectivity index (χ2n) is 4.42. The number of hydrogen-bond acceptors (Lipinski definition) is 4. The van der Waals surface area contributed by atoms with Crippen LogP contribution in [0.5, 0.6) is 0 Å². The van der Waals surface area contributed by atoms with Gasteiger partial charge in [0.1, 0.15) is 5.82 Å².